The third-order valence-electron chi connectivity index (χ3n) is 3.30. The van der Waals surface area contributed by atoms with Crippen LogP contribution in [0.4, 0.5) is 0 Å². The van der Waals surface area contributed by atoms with Crippen molar-refractivity contribution in [3.05, 3.63) is 0 Å². The first-order chi connectivity index (χ1) is 6.75. The van der Waals surface area contributed by atoms with Gasteiger partial charge >= 0.3 is 0 Å². The maximum Gasteiger partial charge on any atom is 0.0346 e. The fraction of sp³-hybridized carbons (Fsp3) is 1.00. The number of hydrogen-bond acceptors (Lipinski definition) is 3. The summed E-state index contributed by atoms with van der Waals surface area (Å²) in [5.74, 6) is 0. The summed E-state index contributed by atoms with van der Waals surface area (Å²) >= 11 is 0. The zero-order chi connectivity index (χ0) is 9.97. The van der Waals surface area contributed by atoms with E-state index in [2.05, 4.69) is 29.4 Å². The van der Waals surface area contributed by atoms with Crippen molar-refractivity contribution in [3.63, 3.8) is 0 Å². The van der Waals surface area contributed by atoms with Gasteiger partial charge in [-0.2, -0.15) is 0 Å². The predicted octanol–water partition coefficient (Wildman–Crippen LogP) is 0.842. The van der Waals surface area contributed by atoms with Crippen molar-refractivity contribution >= 4 is 12.4 Å². The van der Waals surface area contributed by atoms with Crippen molar-refractivity contribution in [2.75, 3.05) is 26.2 Å². The lowest BCUT2D eigenvalue weighted by Crippen LogP contribution is -2.61. The zero-order valence-corrected chi connectivity index (χ0v) is 10.6. The van der Waals surface area contributed by atoms with E-state index in [9.17, 15) is 0 Å². The first-order valence-corrected chi connectivity index (χ1v) is 5.96. The first-order valence-electron chi connectivity index (χ1n) is 5.96. The number of nitrogens with zero attached hydrogens (tertiary/aromatic N) is 1. The molecule has 0 amide bonds. The molecule has 2 N–H and O–H groups in total. The van der Waals surface area contributed by atoms with E-state index in [1.54, 1.807) is 0 Å². The Labute approximate surface area is 99.4 Å². The molecule has 0 spiro atoms. The fourth-order valence-electron chi connectivity index (χ4n) is 2.48. The molecule has 2 heterocycles. The summed E-state index contributed by atoms with van der Waals surface area (Å²) in [5, 5.41) is 7.00. The molecular formula is C11H24ClN3. The van der Waals surface area contributed by atoms with Crippen molar-refractivity contribution in [3.8, 4) is 0 Å². The molecule has 90 valence electrons. The molecule has 0 aromatic heterocycles. The van der Waals surface area contributed by atoms with Crippen LogP contribution in [-0.4, -0.2) is 49.2 Å². The van der Waals surface area contributed by atoms with Crippen LogP contribution >= 0.6 is 12.4 Å². The van der Waals surface area contributed by atoms with Crippen LogP contribution < -0.4 is 10.6 Å². The highest BCUT2D eigenvalue weighted by Gasteiger charge is 2.29. The lowest BCUT2D eigenvalue weighted by Gasteiger charge is -2.43. The molecule has 15 heavy (non-hydrogen) atoms. The first kappa shape index (κ1) is 13.2. The minimum Gasteiger partial charge on any atom is -0.314 e. The second-order valence-electron chi connectivity index (χ2n) is 4.97. The van der Waals surface area contributed by atoms with Gasteiger partial charge in [0.25, 0.3) is 0 Å². The van der Waals surface area contributed by atoms with E-state index in [4.69, 9.17) is 0 Å². The fourth-order valence-corrected chi connectivity index (χ4v) is 2.48. The predicted molar refractivity (Wildman–Crippen MR) is 66.8 cm³/mol. The number of rotatable bonds is 3. The highest BCUT2D eigenvalue weighted by atomic mass is 35.5. The van der Waals surface area contributed by atoms with Gasteiger partial charge in [0.05, 0.1) is 0 Å². The molecule has 1 unspecified atom stereocenters. The van der Waals surface area contributed by atoms with E-state index in [0.717, 1.165) is 12.1 Å². The summed E-state index contributed by atoms with van der Waals surface area (Å²) in [6.07, 6.45) is 2.72. The highest BCUT2D eigenvalue weighted by molar-refractivity contribution is 5.85. The third kappa shape index (κ3) is 3.59. The second-order valence-corrected chi connectivity index (χ2v) is 4.97. The largest absolute Gasteiger partial charge is 0.314 e. The number of likely N-dealkylation sites (tertiary alicyclic amines) is 1. The molecule has 0 aromatic carbocycles. The SMILES string of the molecule is CC(C)NC1CCCN(C2CNC2)C1.Cl. The lowest BCUT2D eigenvalue weighted by molar-refractivity contribution is 0.0998. The van der Waals surface area contributed by atoms with Gasteiger partial charge in [0.15, 0.2) is 0 Å². The minimum atomic E-state index is 0. The molecule has 0 radical (unpaired) electrons. The van der Waals surface area contributed by atoms with Gasteiger partial charge in [-0.1, -0.05) is 13.8 Å². The zero-order valence-electron chi connectivity index (χ0n) is 9.83. The topological polar surface area (TPSA) is 27.3 Å². The number of hydrogen-bond donors (Lipinski definition) is 2. The maximum absolute atomic E-state index is 3.65. The normalized spacial score (nSPS) is 28.6. The maximum atomic E-state index is 3.65. The van der Waals surface area contributed by atoms with E-state index in [1.807, 2.05) is 0 Å². The van der Waals surface area contributed by atoms with Crippen LogP contribution in [0.5, 0.6) is 0 Å². The van der Waals surface area contributed by atoms with Crippen molar-refractivity contribution < 1.29 is 0 Å². The Bertz CT molecular complexity index is 183. The van der Waals surface area contributed by atoms with Crippen LogP contribution in [0, 0.1) is 0 Å². The second kappa shape index (κ2) is 6.04. The molecule has 0 aliphatic carbocycles. The Morgan fingerprint density at radius 1 is 1.33 bits per heavy atom. The van der Waals surface area contributed by atoms with Crippen LogP contribution in [0.3, 0.4) is 0 Å². The van der Waals surface area contributed by atoms with E-state index < -0.39 is 0 Å². The summed E-state index contributed by atoms with van der Waals surface area (Å²) in [6, 6.07) is 2.18. The average molecular weight is 234 g/mol. The highest BCUT2D eigenvalue weighted by Crippen LogP contribution is 2.15. The van der Waals surface area contributed by atoms with E-state index in [1.165, 1.54) is 39.0 Å². The van der Waals surface area contributed by atoms with Gasteiger partial charge < -0.3 is 10.6 Å². The van der Waals surface area contributed by atoms with Crippen LogP contribution in [0.15, 0.2) is 0 Å². The number of halogens is 1. The number of piperidine rings is 1. The Kier molecular flexibility index (Phi) is 5.33. The van der Waals surface area contributed by atoms with Crippen molar-refractivity contribution in [1.82, 2.24) is 15.5 Å². The molecule has 0 saturated carbocycles. The van der Waals surface area contributed by atoms with Gasteiger partial charge in [-0.05, 0) is 19.4 Å². The molecule has 1 atom stereocenters. The molecule has 2 aliphatic heterocycles. The van der Waals surface area contributed by atoms with Gasteiger partial charge in [0.1, 0.15) is 0 Å². The Balaban J connectivity index is 0.00000112. The molecular weight excluding hydrogens is 210 g/mol. The van der Waals surface area contributed by atoms with E-state index >= 15 is 0 Å². The van der Waals surface area contributed by atoms with Crippen molar-refractivity contribution in [2.45, 2.75) is 44.8 Å². The van der Waals surface area contributed by atoms with Gasteiger partial charge in [0.2, 0.25) is 0 Å². The van der Waals surface area contributed by atoms with Crippen molar-refractivity contribution in [1.29, 1.82) is 0 Å². The molecule has 4 heteroatoms. The van der Waals surface area contributed by atoms with Crippen LogP contribution in [0.1, 0.15) is 26.7 Å². The summed E-state index contributed by atoms with van der Waals surface area (Å²) < 4.78 is 0. The Morgan fingerprint density at radius 3 is 2.60 bits per heavy atom. The summed E-state index contributed by atoms with van der Waals surface area (Å²) in [6.45, 7) is 9.45. The van der Waals surface area contributed by atoms with Crippen LogP contribution in [0.25, 0.3) is 0 Å². The van der Waals surface area contributed by atoms with Gasteiger partial charge in [0, 0.05) is 37.8 Å². The Hall–Kier alpha value is 0.170. The van der Waals surface area contributed by atoms with Gasteiger partial charge in [-0.3, -0.25) is 4.90 Å². The van der Waals surface area contributed by atoms with Crippen LogP contribution in [-0.2, 0) is 0 Å². The summed E-state index contributed by atoms with van der Waals surface area (Å²) in [4.78, 5) is 2.65. The molecule has 2 aliphatic rings. The number of nitrogens with one attached hydrogen (secondary N) is 2. The smallest absolute Gasteiger partial charge is 0.0346 e. The Morgan fingerprint density at radius 2 is 2.07 bits per heavy atom. The molecule has 2 fully saturated rings. The molecule has 0 aromatic rings. The summed E-state index contributed by atoms with van der Waals surface area (Å²) in [5.41, 5.74) is 0. The molecule has 2 rings (SSSR count). The van der Waals surface area contributed by atoms with Gasteiger partial charge in [-0.25, -0.2) is 0 Å². The molecule has 0 bridgehead atoms. The average Bonchev–Trinajstić information content (AvgIpc) is 1.99. The standard InChI is InChI=1S/C11H23N3.ClH/c1-9(2)13-10-4-3-5-14(8-10)11-6-12-7-11;/h9-13H,3-8H2,1-2H3;1H. The molecule has 3 nitrogen and oxygen atoms in total. The quantitative estimate of drug-likeness (QED) is 0.757. The third-order valence-corrected chi connectivity index (χ3v) is 3.30. The molecule has 2 saturated heterocycles. The van der Waals surface area contributed by atoms with E-state index in [0.29, 0.717) is 6.04 Å². The summed E-state index contributed by atoms with van der Waals surface area (Å²) in [7, 11) is 0. The monoisotopic (exact) mass is 233 g/mol. The van der Waals surface area contributed by atoms with Crippen molar-refractivity contribution in [2.24, 2.45) is 0 Å². The minimum absolute atomic E-state index is 0. The lowest BCUT2D eigenvalue weighted by atomic mass is 10.0. The van der Waals surface area contributed by atoms with Gasteiger partial charge in [-0.15, -0.1) is 12.4 Å². The van der Waals surface area contributed by atoms with E-state index in [-0.39, 0.29) is 12.4 Å². The van der Waals surface area contributed by atoms with Crippen LogP contribution in [0.2, 0.25) is 0 Å².